The number of halogens is 5. The predicted octanol–water partition coefficient (Wildman–Crippen LogP) is 2.20. The van der Waals surface area contributed by atoms with Crippen LogP contribution < -0.4 is 0 Å². The van der Waals surface area contributed by atoms with E-state index < -0.39 is 12.1 Å². The van der Waals surface area contributed by atoms with E-state index in [1.54, 1.807) is 0 Å². The molecule has 0 aliphatic heterocycles. The third-order valence-electron chi connectivity index (χ3n) is 0.498. The van der Waals surface area contributed by atoms with Gasteiger partial charge < -0.3 is 0 Å². The summed E-state index contributed by atoms with van der Waals surface area (Å²) in [5.41, 5.74) is 0. The zero-order valence-electron chi connectivity index (χ0n) is 3.89. The molecule has 0 aromatic heterocycles. The molecule has 0 nitrogen and oxygen atoms in total. The second-order valence-corrected chi connectivity index (χ2v) is 1.39. The standard InChI is InChI=1S/C3H3F5/c1-2(4,5)3(6,7)8/h1H3. The first-order valence-corrected chi connectivity index (χ1v) is 1.69. The predicted molar refractivity (Wildman–Crippen MR) is 16.7 cm³/mol. The quantitative estimate of drug-likeness (QED) is 0.445. The van der Waals surface area contributed by atoms with Gasteiger partial charge in [0.05, 0.1) is 0 Å². The summed E-state index contributed by atoms with van der Waals surface area (Å²) in [4.78, 5) is 0. The van der Waals surface area contributed by atoms with E-state index >= 15 is 0 Å². The van der Waals surface area contributed by atoms with Crippen molar-refractivity contribution in [2.45, 2.75) is 19.0 Å². The van der Waals surface area contributed by atoms with E-state index in [1.165, 1.54) is 0 Å². The molecule has 0 aliphatic carbocycles. The van der Waals surface area contributed by atoms with Crippen molar-refractivity contribution in [3.05, 3.63) is 0 Å². The number of hydrogen-bond donors (Lipinski definition) is 0. The Balaban J connectivity index is 4.02. The largest absolute Gasteiger partial charge is 0.452 e. The molecule has 0 radical (unpaired) electrons. The van der Waals surface area contributed by atoms with Crippen molar-refractivity contribution in [2.75, 3.05) is 0 Å². The van der Waals surface area contributed by atoms with Gasteiger partial charge in [0.25, 0.3) is 0 Å². The van der Waals surface area contributed by atoms with Gasteiger partial charge in [-0.2, -0.15) is 22.0 Å². The minimum Gasteiger partial charge on any atom is -0.197 e. The lowest BCUT2D eigenvalue weighted by molar-refractivity contribution is -0.273. The highest BCUT2D eigenvalue weighted by atomic mass is 19.4. The van der Waals surface area contributed by atoms with Crippen LogP contribution in [0.25, 0.3) is 0 Å². The molecule has 0 aliphatic rings. The summed E-state index contributed by atoms with van der Waals surface area (Å²) < 4.78 is 54.6. The fourth-order valence-corrected chi connectivity index (χ4v) is 0. The van der Waals surface area contributed by atoms with E-state index in [1.807, 2.05) is 0 Å². The van der Waals surface area contributed by atoms with E-state index in [0.29, 0.717) is 0 Å². The van der Waals surface area contributed by atoms with Crippen LogP contribution in [0, 0.1) is 0 Å². The Bertz CT molecular complexity index is 62.7. The maximum atomic E-state index is 11.1. The lowest BCUT2D eigenvalue weighted by Crippen LogP contribution is -2.32. The second-order valence-electron chi connectivity index (χ2n) is 1.39. The van der Waals surface area contributed by atoms with Gasteiger partial charge in [-0.15, -0.1) is 0 Å². The van der Waals surface area contributed by atoms with Gasteiger partial charge in [0.1, 0.15) is 0 Å². The van der Waals surface area contributed by atoms with Crippen LogP contribution in [0.15, 0.2) is 0 Å². The first-order chi connectivity index (χ1) is 3.25. The van der Waals surface area contributed by atoms with Crippen molar-refractivity contribution in [2.24, 2.45) is 0 Å². The Morgan fingerprint density at radius 2 is 1.00 bits per heavy atom. The molecular formula is C3H3F5. The second kappa shape index (κ2) is 1.56. The molecule has 0 fully saturated rings. The third-order valence-corrected chi connectivity index (χ3v) is 0.498. The van der Waals surface area contributed by atoms with E-state index in [0.717, 1.165) is 0 Å². The molecule has 0 heterocycles. The summed E-state index contributed by atoms with van der Waals surface area (Å²) in [5, 5.41) is 0. The normalized spacial score (nSPS) is 14.2. The molecule has 0 aromatic rings. The SMILES string of the molecule is CC(F)(F)C(F)(F)F. The molecule has 0 atom stereocenters. The summed E-state index contributed by atoms with van der Waals surface area (Å²) >= 11 is 0. The van der Waals surface area contributed by atoms with Gasteiger partial charge >= 0.3 is 12.1 Å². The Morgan fingerprint density at radius 3 is 1.00 bits per heavy atom. The van der Waals surface area contributed by atoms with Crippen molar-refractivity contribution in [3.8, 4) is 0 Å². The van der Waals surface area contributed by atoms with Crippen molar-refractivity contribution < 1.29 is 22.0 Å². The van der Waals surface area contributed by atoms with E-state index in [-0.39, 0.29) is 6.92 Å². The van der Waals surface area contributed by atoms with Gasteiger partial charge in [0, 0.05) is 6.92 Å². The van der Waals surface area contributed by atoms with Crippen LogP contribution in [0.4, 0.5) is 22.0 Å². The highest BCUT2D eigenvalue weighted by molar-refractivity contribution is 4.67. The van der Waals surface area contributed by atoms with Crippen LogP contribution in [0.2, 0.25) is 0 Å². The van der Waals surface area contributed by atoms with Crippen molar-refractivity contribution in [1.29, 1.82) is 0 Å². The fourth-order valence-electron chi connectivity index (χ4n) is 0. The Morgan fingerprint density at radius 1 is 0.875 bits per heavy atom. The number of rotatable bonds is 0. The van der Waals surface area contributed by atoms with Crippen LogP contribution in [-0.4, -0.2) is 12.1 Å². The molecule has 0 N–H and O–H groups in total. The van der Waals surface area contributed by atoms with Crippen LogP contribution in [0.1, 0.15) is 6.92 Å². The summed E-state index contributed by atoms with van der Waals surface area (Å²) in [7, 11) is 0. The molecule has 0 aromatic carbocycles. The van der Waals surface area contributed by atoms with Gasteiger partial charge in [-0.25, -0.2) is 0 Å². The molecule has 0 rings (SSSR count). The van der Waals surface area contributed by atoms with Gasteiger partial charge in [-0.05, 0) is 0 Å². The average Bonchev–Trinajstić information content (AvgIpc) is 1.25. The first kappa shape index (κ1) is 7.65. The van der Waals surface area contributed by atoms with Gasteiger partial charge in [-0.1, -0.05) is 0 Å². The van der Waals surface area contributed by atoms with Crippen molar-refractivity contribution in [3.63, 3.8) is 0 Å². The maximum absolute atomic E-state index is 11.1. The summed E-state index contributed by atoms with van der Waals surface area (Å²) in [5.74, 6) is -4.56. The Labute approximate surface area is 42.3 Å². The summed E-state index contributed by atoms with van der Waals surface area (Å²) in [6, 6.07) is 0. The summed E-state index contributed by atoms with van der Waals surface area (Å²) in [6.45, 7) is -0.188. The molecular weight excluding hydrogens is 131 g/mol. The van der Waals surface area contributed by atoms with Crippen LogP contribution in [0.3, 0.4) is 0 Å². The van der Waals surface area contributed by atoms with E-state index in [2.05, 4.69) is 0 Å². The van der Waals surface area contributed by atoms with Crippen molar-refractivity contribution >= 4 is 0 Å². The van der Waals surface area contributed by atoms with E-state index in [9.17, 15) is 22.0 Å². The zero-order chi connectivity index (χ0) is 7.00. The summed E-state index contributed by atoms with van der Waals surface area (Å²) in [6.07, 6.45) is -5.40. The van der Waals surface area contributed by atoms with Gasteiger partial charge in [0.15, 0.2) is 0 Å². The molecule has 0 saturated heterocycles. The Kier molecular flexibility index (Phi) is 1.50. The molecule has 8 heavy (non-hydrogen) atoms. The molecule has 0 amide bonds. The van der Waals surface area contributed by atoms with Crippen LogP contribution >= 0.6 is 0 Å². The maximum Gasteiger partial charge on any atom is 0.452 e. The zero-order valence-corrected chi connectivity index (χ0v) is 3.89. The molecule has 0 spiro atoms. The highest BCUT2D eigenvalue weighted by Gasteiger charge is 2.52. The monoisotopic (exact) mass is 134 g/mol. The molecule has 0 saturated carbocycles. The lowest BCUT2D eigenvalue weighted by atomic mass is 10.4. The molecule has 0 bridgehead atoms. The minimum absolute atomic E-state index is 0.188. The van der Waals surface area contributed by atoms with E-state index in [4.69, 9.17) is 0 Å². The van der Waals surface area contributed by atoms with Gasteiger partial charge in [-0.3, -0.25) is 0 Å². The van der Waals surface area contributed by atoms with Gasteiger partial charge in [0.2, 0.25) is 0 Å². The Hall–Kier alpha value is -0.350. The fraction of sp³-hybridized carbons (Fsp3) is 1.00. The molecule has 5 heteroatoms. The number of hydrogen-bond acceptors (Lipinski definition) is 0. The average molecular weight is 134 g/mol. The molecule has 50 valence electrons. The lowest BCUT2D eigenvalue weighted by Gasteiger charge is -2.12. The topological polar surface area (TPSA) is 0 Å². The van der Waals surface area contributed by atoms with Crippen molar-refractivity contribution in [1.82, 2.24) is 0 Å². The van der Waals surface area contributed by atoms with Crippen LogP contribution in [0.5, 0.6) is 0 Å². The smallest absolute Gasteiger partial charge is 0.197 e. The highest BCUT2D eigenvalue weighted by Crippen LogP contribution is 2.34. The molecule has 0 unspecified atom stereocenters. The first-order valence-electron chi connectivity index (χ1n) is 1.69. The minimum atomic E-state index is -5.40. The number of alkyl halides is 5. The third kappa shape index (κ3) is 1.63. The van der Waals surface area contributed by atoms with Crippen LogP contribution in [-0.2, 0) is 0 Å².